The van der Waals surface area contributed by atoms with Crippen LogP contribution >= 0.6 is 0 Å². The van der Waals surface area contributed by atoms with Gasteiger partial charge in [-0.1, -0.05) is 24.3 Å². The Kier molecular flexibility index (Phi) is 5.55. The Hall–Kier alpha value is -1.35. The van der Waals surface area contributed by atoms with Crippen molar-refractivity contribution in [3.63, 3.8) is 0 Å². The van der Waals surface area contributed by atoms with Crippen LogP contribution in [0.3, 0.4) is 0 Å². The molecule has 0 unspecified atom stereocenters. The number of hydrogen-bond donors (Lipinski definition) is 2. The van der Waals surface area contributed by atoms with E-state index in [1.54, 1.807) is 25.3 Å². The summed E-state index contributed by atoms with van der Waals surface area (Å²) in [5, 5.41) is 0. The van der Waals surface area contributed by atoms with E-state index in [4.69, 9.17) is 0 Å². The SMILES string of the molecule is C=C/C=C\C(C(=O)NNC)=C(C)C. The van der Waals surface area contributed by atoms with E-state index >= 15 is 0 Å². The molecule has 0 atom stereocenters. The number of carbonyl (C=O) groups is 1. The lowest BCUT2D eigenvalue weighted by Crippen LogP contribution is -2.35. The van der Waals surface area contributed by atoms with Gasteiger partial charge in [-0.3, -0.25) is 10.2 Å². The number of amides is 1. The summed E-state index contributed by atoms with van der Waals surface area (Å²) in [4.78, 5) is 11.4. The number of rotatable bonds is 4. The molecule has 0 aliphatic heterocycles. The Labute approximate surface area is 79.2 Å². The van der Waals surface area contributed by atoms with Crippen molar-refractivity contribution in [2.45, 2.75) is 13.8 Å². The third-order valence-electron chi connectivity index (χ3n) is 1.42. The standard InChI is InChI=1S/C10H16N2O/c1-5-6-7-9(8(2)3)10(13)12-11-4/h5-7,11H,1H2,2-4H3,(H,12,13)/b7-6-. The third kappa shape index (κ3) is 4.28. The minimum atomic E-state index is -0.138. The molecule has 0 spiro atoms. The fourth-order valence-corrected chi connectivity index (χ4v) is 0.815. The number of hydrogen-bond acceptors (Lipinski definition) is 2. The first-order chi connectivity index (χ1) is 6.13. The number of allylic oxidation sites excluding steroid dienone is 3. The monoisotopic (exact) mass is 180 g/mol. The molecule has 1 amide bonds. The van der Waals surface area contributed by atoms with Gasteiger partial charge in [0.15, 0.2) is 0 Å². The molecule has 0 saturated heterocycles. The molecular weight excluding hydrogens is 164 g/mol. The second kappa shape index (κ2) is 6.20. The van der Waals surface area contributed by atoms with E-state index in [0.29, 0.717) is 5.57 Å². The molecule has 0 radical (unpaired) electrons. The van der Waals surface area contributed by atoms with Crippen LogP contribution in [0.1, 0.15) is 13.8 Å². The minimum absolute atomic E-state index is 0.138. The largest absolute Gasteiger partial charge is 0.288 e. The van der Waals surface area contributed by atoms with Crippen molar-refractivity contribution in [3.05, 3.63) is 36.0 Å². The lowest BCUT2D eigenvalue weighted by atomic mass is 10.1. The number of carbonyl (C=O) groups excluding carboxylic acids is 1. The van der Waals surface area contributed by atoms with E-state index in [1.165, 1.54) is 0 Å². The Bertz CT molecular complexity index is 248. The van der Waals surface area contributed by atoms with Crippen LogP contribution < -0.4 is 10.9 Å². The number of hydrazine groups is 1. The molecule has 3 nitrogen and oxygen atoms in total. The maximum Gasteiger partial charge on any atom is 0.265 e. The smallest absolute Gasteiger partial charge is 0.265 e. The molecule has 0 bridgehead atoms. The second-order valence-electron chi connectivity index (χ2n) is 2.71. The summed E-state index contributed by atoms with van der Waals surface area (Å²) in [6.07, 6.45) is 5.10. The summed E-state index contributed by atoms with van der Waals surface area (Å²) >= 11 is 0. The minimum Gasteiger partial charge on any atom is -0.288 e. The molecule has 0 rings (SSSR count). The topological polar surface area (TPSA) is 41.1 Å². The van der Waals surface area contributed by atoms with Crippen LogP contribution in [0.25, 0.3) is 0 Å². The van der Waals surface area contributed by atoms with E-state index in [2.05, 4.69) is 17.4 Å². The molecule has 0 aromatic rings. The number of nitrogens with one attached hydrogen (secondary N) is 2. The predicted molar refractivity (Wildman–Crippen MR) is 54.9 cm³/mol. The van der Waals surface area contributed by atoms with Crippen molar-refractivity contribution in [3.8, 4) is 0 Å². The molecule has 0 fully saturated rings. The van der Waals surface area contributed by atoms with Crippen molar-refractivity contribution < 1.29 is 4.79 Å². The molecule has 0 aliphatic rings. The van der Waals surface area contributed by atoms with Gasteiger partial charge in [0.2, 0.25) is 0 Å². The van der Waals surface area contributed by atoms with Crippen LogP contribution in [0.15, 0.2) is 36.0 Å². The normalized spacial score (nSPS) is 9.77. The van der Waals surface area contributed by atoms with Gasteiger partial charge in [0.25, 0.3) is 5.91 Å². The fraction of sp³-hybridized carbons (Fsp3) is 0.300. The van der Waals surface area contributed by atoms with Gasteiger partial charge in [0, 0.05) is 12.6 Å². The van der Waals surface area contributed by atoms with E-state index in [0.717, 1.165) is 5.57 Å². The highest BCUT2D eigenvalue weighted by atomic mass is 16.2. The van der Waals surface area contributed by atoms with Crippen molar-refractivity contribution in [2.24, 2.45) is 0 Å². The molecule has 2 N–H and O–H groups in total. The van der Waals surface area contributed by atoms with Crippen molar-refractivity contribution >= 4 is 5.91 Å². The quantitative estimate of drug-likeness (QED) is 0.389. The van der Waals surface area contributed by atoms with Crippen LogP contribution in [0, 0.1) is 0 Å². The van der Waals surface area contributed by atoms with Gasteiger partial charge >= 0.3 is 0 Å². The first kappa shape index (κ1) is 11.6. The Morgan fingerprint density at radius 1 is 1.38 bits per heavy atom. The first-order valence-electron chi connectivity index (χ1n) is 4.07. The van der Waals surface area contributed by atoms with Gasteiger partial charge < -0.3 is 0 Å². The van der Waals surface area contributed by atoms with Gasteiger partial charge in [-0.25, -0.2) is 5.43 Å². The molecule has 0 saturated carbocycles. The molecule has 72 valence electrons. The lowest BCUT2D eigenvalue weighted by Gasteiger charge is -2.05. The molecule has 0 heterocycles. The third-order valence-corrected chi connectivity index (χ3v) is 1.42. The maximum atomic E-state index is 11.4. The molecule has 13 heavy (non-hydrogen) atoms. The Morgan fingerprint density at radius 2 is 2.00 bits per heavy atom. The second-order valence-corrected chi connectivity index (χ2v) is 2.71. The van der Waals surface area contributed by atoms with Crippen molar-refractivity contribution in [1.29, 1.82) is 0 Å². The summed E-state index contributed by atoms with van der Waals surface area (Å²) in [5.74, 6) is -0.138. The summed E-state index contributed by atoms with van der Waals surface area (Å²) in [6.45, 7) is 7.31. The zero-order chi connectivity index (χ0) is 10.3. The highest BCUT2D eigenvalue weighted by molar-refractivity contribution is 5.96. The molecule has 3 heteroatoms. The van der Waals surface area contributed by atoms with Crippen LogP contribution in [-0.4, -0.2) is 13.0 Å². The van der Waals surface area contributed by atoms with Crippen LogP contribution in [0.2, 0.25) is 0 Å². The zero-order valence-electron chi connectivity index (χ0n) is 8.35. The molecular formula is C10H16N2O. The van der Waals surface area contributed by atoms with E-state index in [1.807, 2.05) is 13.8 Å². The Morgan fingerprint density at radius 3 is 2.38 bits per heavy atom. The van der Waals surface area contributed by atoms with E-state index in [-0.39, 0.29) is 5.91 Å². The highest BCUT2D eigenvalue weighted by Gasteiger charge is 2.05. The average Bonchev–Trinajstić information content (AvgIpc) is 2.05. The van der Waals surface area contributed by atoms with Crippen LogP contribution in [0.4, 0.5) is 0 Å². The molecule has 0 aromatic carbocycles. The predicted octanol–water partition coefficient (Wildman–Crippen LogP) is 1.32. The van der Waals surface area contributed by atoms with Gasteiger partial charge in [-0.05, 0) is 19.9 Å². The maximum absolute atomic E-state index is 11.4. The highest BCUT2D eigenvalue weighted by Crippen LogP contribution is 2.04. The summed E-state index contributed by atoms with van der Waals surface area (Å²) in [7, 11) is 1.65. The fourth-order valence-electron chi connectivity index (χ4n) is 0.815. The van der Waals surface area contributed by atoms with Crippen molar-refractivity contribution in [2.75, 3.05) is 7.05 Å². The lowest BCUT2D eigenvalue weighted by molar-refractivity contribution is -0.118. The van der Waals surface area contributed by atoms with E-state index < -0.39 is 0 Å². The van der Waals surface area contributed by atoms with Gasteiger partial charge in [0.1, 0.15) is 0 Å². The summed E-state index contributed by atoms with van der Waals surface area (Å²) < 4.78 is 0. The van der Waals surface area contributed by atoms with Crippen LogP contribution in [0.5, 0.6) is 0 Å². The summed E-state index contributed by atoms with van der Waals surface area (Å²) in [5.41, 5.74) is 6.70. The molecule has 0 aliphatic carbocycles. The summed E-state index contributed by atoms with van der Waals surface area (Å²) in [6, 6.07) is 0. The van der Waals surface area contributed by atoms with E-state index in [9.17, 15) is 4.79 Å². The first-order valence-corrected chi connectivity index (χ1v) is 4.07. The zero-order valence-corrected chi connectivity index (χ0v) is 8.35. The molecule has 0 aromatic heterocycles. The van der Waals surface area contributed by atoms with Crippen molar-refractivity contribution in [1.82, 2.24) is 10.9 Å². The Balaban J connectivity index is 4.63. The van der Waals surface area contributed by atoms with Gasteiger partial charge in [0.05, 0.1) is 0 Å². The average molecular weight is 180 g/mol. The van der Waals surface area contributed by atoms with Gasteiger partial charge in [-0.2, -0.15) is 0 Å². The van der Waals surface area contributed by atoms with Crippen LogP contribution in [-0.2, 0) is 4.79 Å². The van der Waals surface area contributed by atoms with Gasteiger partial charge in [-0.15, -0.1) is 0 Å².